The number of rotatable bonds is 2. The van der Waals surface area contributed by atoms with Crippen LogP contribution in [0.1, 0.15) is 11.1 Å². The summed E-state index contributed by atoms with van der Waals surface area (Å²) >= 11 is 1.79. The van der Waals surface area contributed by atoms with Gasteiger partial charge in [-0.2, -0.15) is 0 Å². The summed E-state index contributed by atoms with van der Waals surface area (Å²) in [6, 6.07) is 12.9. The summed E-state index contributed by atoms with van der Waals surface area (Å²) in [5.74, 6) is 2.01. The van der Waals surface area contributed by atoms with Gasteiger partial charge >= 0.3 is 0 Å². The zero-order chi connectivity index (χ0) is 15.8. The number of nitrogens with zero attached hydrogens (tertiary/aromatic N) is 2. The van der Waals surface area contributed by atoms with Crippen LogP contribution < -0.4 is 9.47 Å². The Labute approximate surface area is 141 Å². The van der Waals surface area contributed by atoms with Gasteiger partial charge in [-0.25, -0.2) is 0 Å². The van der Waals surface area contributed by atoms with E-state index < -0.39 is 0 Å². The van der Waals surface area contributed by atoms with E-state index in [0.717, 1.165) is 24.6 Å². The Bertz CT molecular complexity index is 673. The quantitative estimate of drug-likeness (QED) is 0.841. The van der Waals surface area contributed by atoms with Gasteiger partial charge in [-0.1, -0.05) is 11.8 Å². The number of hydrogen-bond acceptors (Lipinski definition) is 5. The molecule has 0 fully saturated rings. The van der Waals surface area contributed by atoms with Gasteiger partial charge in [0.1, 0.15) is 25.0 Å². The van der Waals surface area contributed by atoms with E-state index in [0.29, 0.717) is 13.5 Å². The molecular weight excluding hydrogens is 308 g/mol. The molecule has 0 saturated heterocycles. The van der Waals surface area contributed by atoms with Crippen molar-refractivity contribution >= 4 is 11.8 Å². The first kappa shape index (κ1) is 14.9. The third-order valence-electron chi connectivity index (χ3n) is 4.06. The van der Waals surface area contributed by atoms with Crippen molar-refractivity contribution < 1.29 is 9.47 Å². The van der Waals surface area contributed by atoms with Crippen molar-refractivity contribution in [2.24, 2.45) is 0 Å². The molecule has 2 aliphatic heterocycles. The Morgan fingerprint density at radius 1 is 0.783 bits per heavy atom. The van der Waals surface area contributed by atoms with Gasteiger partial charge in [-0.3, -0.25) is 9.80 Å². The van der Waals surface area contributed by atoms with Gasteiger partial charge in [-0.05, 0) is 50.5 Å². The summed E-state index contributed by atoms with van der Waals surface area (Å²) < 4.78 is 11.4. The molecule has 2 heterocycles. The predicted octanol–water partition coefficient (Wildman–Crippen LogP) is 3.40. The summed E-state index contributed by atoms with van der Waals surface area (Å²) in [5, 5.41) is 0. The molecule has 4 nitrogen and oxygen atoms in total. The van der Waals surface area contributed by atoms with E-state index in [1.807, 2.05) is 0 Å². The number of ether oxygens (including phenoxy) is 2. The van der Waals surface area contributed by atoms with Gasteiger partial charge in [0.05, 0.1) is 0 Å². The first-order chi connectivity index (χ1) is 11.2. The highest BCUT2D eigenvalue weighted by atomic mass is 32.2. The smallest absolute Gasteiger partial charge is 0.142 e. The van der Waals surface area contributed by atoms with Crippen LogP contribution in [0.2, 0.25) is 0 Å². The van der Waals surface area contributed by atoms with Crippen molar-refractivity contribution in [1.82, 2.24) is 9.80 Å². The highest BCUT2D eigenvalue weighted by Crippen LogP contribution is 2.36. The Morgan fingerprint density at radius 3 is 1.74 bits per heavy atom. The van der Waals surface area contributed by atoms with Crippen molar-refractivity contribution in [3.8, 4) is 11.5 Å². The van der Waals surface area contributed by atoms with Crippen LogP contribution in [0.3, 0.4) is 0 Å². The van der Waals surface area contributed by atoms with Gasteiger partial charge in [0.15, 0.2) is 0 Å². The third-order valence-corrected chi connectivity index (χ3v) is 5.04. The second-order valence-electron chi connectivity index (χ2n) is 6.22. The SMILES string of the molecule is CN1COc2ccc(Sc3ccc4c(c3)CN(C)CO4)cc2C1. The minimum Gasteiger partial charge on any atom is -0.478 e. The molecule has 0 N–H and O–H groups in total. The predicted molar refractivity (Wildman–Crippen MR) is 90.9 cm³/mol. The van der Waals surface area contributed by atoms with Crippen LogP contribution in [-0.2, 0) is 13.1 Å². The maximum atomic E-state index is 5.72. The molecule has 23 heavy (non-hydrogen) atoms. The van der Waals surface area contributed by atoms with E-state index in [1.165, 1.54) is 20.9 Å². The van der Waals surface area contributed by atoms with Crippen LogP contribution in [0.4, 0.5) is 0 Å². The molecule has 2 aromatic carbocycles. The normalized spacial score (nSPS) is 17.8. The lowest BCUT2D eigenvalue weighted by atomic mass is 10.2. The minimum absolute atomic E-state index is 0.665. The largest absolute Gasteiger partial charge is 0.478 e. The van der Waals surface area contributed by atoms with Crippen LogP contribution in [0.5, 0.6) is 11.5 Å². The van der Waals surface area contributed by atoms with Crippen molar-refractivity contribution in [2.45, 2.75) is 22.9 Å². The molecule has 120 valence electrons. The molecule has 0 saturated carbocycles. The Morgan fingerprint density at radius 2 is 1.26 bits per heavy atom. The van der Waals surface area contributed by atoms with Gasteiger partial charge in [0, 0.05) is 34.0 Å². The second kappa shape index (κ2) is 6.07. The lowest BCUT2D eigenvalue weighted by Gasteiger charge is -2.26. The van der Waals surface area contributed by atoms with E-state index in [4.69, 9.17) is 9.47 Å². The van der Waals surface area contributed by atoms with Crippen LogP contribution in [0, 0.1) is 0 Å². The van der Waals surface area contributed by atoms with Crippen LogP contribution in [0.15, 0.2) is 46.2 Å². The fraction of sp³-hybridized carbons (Fsp3) is 0.333. The Kier molecular flexibility index (Phi) is 3.93. The molecule has 2 aliphatic rings. The van der Waals surface area contributed by atoms with E-state index in [1.54, 1.807) is 11.8 Å². The molecule has 0 aliphatic carbocycles. The molecule has 0 radical (unpaired) electrons. The average molecular weight is 328 g/mol. The average Bonchev–Trinajstić information content (AvgIpc) is 2.54. The minimum atomic E-state index is 0.665. The molecule has 0 amide bonds. The second-order valence-corrected chi connectivity index (χ2v) is 7.36. The van der Waals surface area contributed by atoms with Crippen molar-refractivity contribution in [3.63, 3.8) is 0 Å². The molecule has 4 rings (SSSR count). The van der Waals surface area contributed by atoms with E-state index in [2.05, 4.69) is 60.3 Å². The fourth-order valence-corrected chi connectivity index (χ4v) is 3.88. The monoisotopic (exact) mass is 328 g/mol. The molecule has 0 spiro atoms. The standard InChI is InChI=1S/C18H20N2O2S/c1-19-9-13-7-15(3-5-17(13)21-11-19)23-16-4-6-18-14(8-16)10-20(2)12-22-18/h3-8H,9-12H2,1-2H3. The molecule has 2 aromatic rings. The number of fused-ring (bicyclic) bond motifs is 2. The van der Waals surface area contributed by atoms with Gasteiger partial charge in [-0.15, -0.1) is 0 Å². The van der Waals surface area contributed by atoms with E-state index in [9.17, 15) is 0 Å². The topological polar surface area (TPSA) is 24.9 Å². The fourth-order valence-electron chi connectivity index (χ4n) is 2.94. The van der Waals surface area contributed by atoms with E-state index >= 15 is 0 Å². The lowest BCUT2D eigenvalue weighted by Crippen LogP contribution is -2.28. The molecule has 5 heteroatoms. The summed E-state index contributed by atoms with van der Waals surface area (Å²) in [6.45, 7) is 3.20. The van der Waals surface area contributed by atoms with Crippen LogP contribution >= 0.6 is 11.8 Å². The molecule has 0 bridgehead atoms. The van der Waals surface area contributed by atoms with Crippen molar-refractivity contribution in [3.05, 3.63) is 47.5 Å². The van der Waals surface area contributed by atoms with Crippen molar-refractivity contribution in [2.75, 3.05) is 27.6 Å². The van der Waals surface area contributed by atoms with Gasteiger partial charge in [0.25, 0.3) is 0 Å². The summed E-state index contributed by atoms with van der Waals surface area (Å²) in [6.07, 6.45) is 0. The molecule has 0 atom stereocenters. The van der Waals surface area contributed by atoms with Crippen molar-refractivity contribution in [1.29, 1.82) is 0 Å². The highest BCUT2D eigenvalue weighted by Gasteiger charge is 2.16. The zero-order valence-corrected chi connectivity index (χ0v) is 14.2. The Balaban J connectivity index is 1.56. The lowest BCUT2D eigenvalue weighted by molar-refractivity contribution is 0.121. The third kappa shape index (κ3) is 3.17. The summed E-state index contributed by atoms with van der Waals surface area (Å²) in [5.41, 5.74) is 2.51. The van der Waals surface area contributed by atoms with Gasteiger partial charge < -0.3 is 9.47 Å². The first-order valence-corrected chi connectivity index (χ1v) is 8.55. The van der Waals surface area contributed by atoms with Crippen LogP contribution in [-0.4, -0.2) is 37.4 Å². The molecular formula is C18H20N2O2S. The zero-order valence-electron chi connectivity index (χ0n) is 13.4. The maximum absolute atomic E-state index is 5.72. The van der Waals surface area contributed by atoms with Crippen LogP contribution in [0.25, 0.3) is 0 Å². The Hall–Kier alpha value is -1.69. The van der Waals surface area contributed by atoms with Gasteiger partial charge in [0.2, 0.25) is 0 Å². The highest BCUT2D eigenvalue weighted by molar-refractivity contribution is 7.99. The molecule has 0 aromatic heterocycles. The summed E-state index contributed by atoms with van der Waals surface area (Å²) in [7, 11) is 4.14. The number of benzene rings is 2. The first-order valence-electron chi connectivity index (χ1n) is 7.74. The summed E-state index contributed by atoms with van der Waals surface area (Å²) in [4.78, 5) is 6.83. The molecule has 0 unspecified atom stereocenters. The number of hydrogen-bond donors (Lipinski definition) is 0. The maximum Gasteiger partial charge on any atom is 0.142 e. The van der Waals surface area contributed by atoms with E-state index in [-0.39, 0.29) is 0 Å².